The summed E-state index contributed by atoms with van der Waals surface area (Å²) in [7, 11) is 0. The zero-order valence-corrected chi connectivity index (χ0v) is 22.0. The van der Waals surface area contributed by atoms with Crippen molar-refractivity contribution in [2.75, 3.05) is 0 Å². The van der Waals surface area contributed by atoms with Crippen LogP contribution in [0.2, 0.25) is 0 Å². The topological polar surface area (TPSA) is 0 Å². The van der Waals surface area contributed by atoms with Crippen LogP contribution in [0.15, 0.2) is 22.3 Å². The summed E-state index contributed by atoms with van der Waals surface area (Å²) in [5.41, 5.74) is 8.68. The molecule has 0 amide bonds. The molecule has 0 spiro atoms. The molecule has 4 atom stereocenters. The van der Waals surface area contributed by atoms with Gasteiger partial charge in [-0.1, -0.05) is 0 Å². The third-order valence-electron chi connectivity index (χ3n) is 5.55. The Morgan fingerprint density at radius 3 is 1.14 bits per heavy atom. The van der Waals surface area contributed by atoms with Crippen molar-refractivity contribution in [3.05, 3.63) is 22.3 Å². The molecular weight excluding hydrogens is 505 g/mol. The SMILES string of the molecule is CC1=C(C)C(C)[PH]([Zr+2][PH]2=C(C)C(C)=C(C)C2C)=C1C.[Br-].[Br-]. The second-order valence-corrected chi connectivity index (χ2v) is 25.6. The van der Waals surface area contributed by atoms with Crippen molar-refractivity contribution >= 4 is 20.3 Å². The zero-order chi connectivity index (χ0) is 14.5. The van der Waals surface area contributed by atoms with Gasteiger partial charge in [-0.15, -0.1) is 0 Å². The van der Waals surface area contributed by atoms with Crippen LogP contribution >= 0.6 is 9.68 Å². The van der Waals surface area contributed by atoms with Crippen LogP contribution in [0.1, 0.15) is 55.4 Å². The second kappa shape index (κ2) is 8.85. The molecule has 4 unspecified atom stereocenters. The molecule has 0 saturated heterocycles. The molecule has 0 saturated carbocycles. The quantitative estimate of drug-likeness (QED) is 0.408. The minimum atomic E-state index is -0.231. The molecule has 0 aromatic rings. The van der Waals surface area contributed by atoms with E-state index in [0.717, 1.165) is 11.3 Å². The van der Waals surface area contributed by atoms with Crippen molar-refractivity contribution in [3.63, 3.8) is 0 Å². The first-order chi connectivity index (χ1) is 8.77. The van der Waals surface area contributed by atoms with Crippen LogP contribution in [-0.2, 0) is 22.1 Å². The normalized spacial score (nSPS) is 32.2. The van der Waals surface area contributed by atoms with E-state index in [1.54, 1.807) is 22.3 Å². The standard InChI is InChI=1S/2C8H13P.2BrH.Zr/c2*1-5-6(2)8(4)9-7(5)3;;;/h2*7H,1-4H3;2*1H;. The van der Waals surface area contributed by atoms with Crippen molar-refractivity contribution in [2.45, 2.75) is 66.7 Å². The average Bonchev–Trinajstić information content (AvgIpc) is 2.68. The largest absolute Gasteiger partial charge is 1.00 e. The summed E-state index contributed by atoms with van der Waals surface area (Å²) in [4.78, 5) is -0.298. The molecule has 0 fully saturated rings. The van der Waals surface area contributed by atoms with E-state index in [9.17, 15) is 0 Å². The summed E-state index contributed by atoms with van der Waals surface area (Å²) in [5.74, 6) is 0. The Labute approximate surface area is 164 Å². The van der Waals surface area contributed by atoms with Crippen LogP contribution in [0.25, 0.3) is 0 Å². The number of halogens is 2. The second-order valence-electron chi connectivity index (χ2n) is 6.26. The Morgan fingerprint density at radius 1 is 0.667 bits per heavy atom. The van der Waals surface area contributed by atoms with Gasteiger partial charge in [0.15, 0.2) is 0 Å². The predicted octanol–water partition coefficient (Wildman–Crippen LogP) is -0.803. The van der Waals surface area contributed by atoms with Gasteiger partial charge in [0.25, 0.3) is 0 Å². The van der Waals surface area contributed by atoms with E-state index in [2.05, 4.69) is 55.4 Å². The van der Waals surface area contributed by atoms with E-state index in [0.29, 0.717) is 0 Å². The Hall–Kier alpha value is 1.92. The Balaban J connectivity index is 0.00000200. The number of rotatable bonds is 2. The maximum atomic E-state index is 2.52. The first-order valence-corrected chi connectivity index (χ1v) is 17.8. The maximum Gasteiger partial charge on any atom is -1.00 e. The minimum Gasteiger partial charge on any atom is -1.00 e. The molecular formula is C16H28Br2P2Zr. The Morgan fingerprint density at radius 2 is 0.952 bits per heavy atom. The molecule has 2 heterocycles. The molecule has 21 heavy (non-hydrogen) atoms. The predicted molar refractivity (Wildman–Crippen MR) is 93.7 cm³/mol. The smallest absolute Gasteiger partial charge is 1.00 e. The van der Waals surface area contributed by atoms with Gasteiger partial charge >= 0.3 is 131 Å². The fourth-order valence-electron chi connectivity index (χ4n) is 3.28. The third kappa shape index (κ3) is 4.13. The van der Waals surface area contributed by atoms with E-state index in [4.69, 9.17) is 0 Å². The van der Waals surface area contributed by atoms with Crippen LogP contribution in [0, 0.1) is 0 Å². The zero-order valence-electron chi connectivity index (χ0n) is 14.4. The number of allylic oxidation sites excluding steroid dienone is 4. The third-order valence-corrected chi connectivity index (χ3v) is 36.5. The van der Waals surface area contributed by atoms with Gasteiger partial charge in [0.1, 0.15) is 0 Å². The van der Waals surface area contributed by atoms with Gasteiger partial charge in [-0.3, -0.25) is 0 Å². The average molecular weight is 533 g/mol. The first-order valence-electron chi connectivity index (χ1n) is 7.31. The van der Waals surface area contributed by atoms with Crippen molar-refractivity contribution in [2.24, 2.45) is 0 Å². The van der Waals surface area contributed by atoms with Crippen molar-refractivity contribution in [1.29, 1.82) is 0 Å². The van der Waals surface area contributed by atoms with Gasteiger partial charge in [0, 0.05) is 0 Å². The molecule has 2 aliphatic heterocycles. The molecule has 0 nitrogen and oxygen atoms in total. The Bertz CT molecular complexity index is 521. The van der Waals surface area contributed by atoms with Gasteiger partial charge < -0.3 is 34.0 Å². The first kappa shape index (κ1) is 22.9. The van der Waals surface area contributed by atoms with Gasteiger partial charge in [0.05, 0.1) is 0 Å². The summed E-state index contributed by atoms with van der Waals surface area (Å²) in [6.45, 7) is 19.5. The number of hydrogen-bond acceptors (Lipinski definition) is 0. The summed E-state index contributed by atoms with van der Waals surface area (Å²) in [6, 6.07) is 0. The molecule has 0 aliphatic carbocycles. The maximum absolute atomic E-state index is 2.52. The molecule has 2 rings (SSSR count). The molecule has 0 aromatic carbocycles. The molecule has 0 N–H and O–H groups in total. The van der Waals surface area contributed by atoms with Gasteiger partial charge in [-0.2, -0.15) is 0 Å². The monoisotopic (exact) mass is 530 g/mol. The molecule has 5 heteroatoms. The van der Waals surface area contributed by atoms with E-state index in [1.807, 2.05) is 10.6 Å². The van der Waals surface area contributed by atoms with E-state index >= 15 is 0 Å². The van der Waals surface area contributed by atoms with Crippen LogP contribution < -0.4 is 34.0 Å². The van der Waals surface area contributed by atoms with Crippen LogP contribution in [-0.4, -0.2) is 21.9 Å². The Kier molecular flexibility index (Phi) is 9.67. The molecule has 120 valence electrons. The fourth-order valence-corrected chi connectivity index (χ4v) is 41.7. The number of hydrogen-bond donors (Lipinski definition) is 0. The van der Waals surface area contributed by atoms with E-state index < -0.39 is 0 Å². The van der Waals surface area contributed by atoms with E-state index in [1.165, 1.54) is 0 Å². The van der Waals surface area contributed by atoms with Crippen molar-refractivity contribution in [3.8, 4) is 0 Å². The molecule has 0 aromatic heterocycles. The van der Waals surface area contributed by atoms with Crippen LogP contribution in [0.4, 0.5) is 0 Å². The van der Waals surface area contributed by atoms with Gasteiger partial charge in [-0.25, -0.2) is 0 Å². The van der Waals surface area contributed by atoms with E-state index in [-0.39, 0.29) is 65.7 Å². The van der Waals surface area contributed by atoms with Gasteiger partial charge in [-0.05, 0) is 0 Å². The van der Waals surface area contributed by atoms with Crippen LogP contribution in [0.3, 0.4) is 0 Å². The van der Waals surface area contributed by atoms with Crippen molar-refractivity contribution < 1.29 is 56.0 Å². The summed E-state index contributed by atoms with van der Waals surface area (Å²) >= 11 is -0.231. The van der Waals surface area contributed by atoms with Gasteiger partial charge in [0.2, 0.25) is 0 Å². The summed E-state index contributed by atoms with van der Waals surface area (Å²) < 4.78 is 0. The molecule has 2 aliphatic rings. The van der Waals surface area contributed by atoms with Crippen molar-refractivity contribution in [1.82, 2.24) is 0 Å². The summed E-state index contributed by atoms with van der Waals surface area (Å²) in [6.07, 6.45) is 0. The fraction of sp³-hybridized carbons (Fsp3) is 0.625. The summed E-state index contributed by atoms with van der Waals surface area (Å²) in [5, 5.41) is 3.70. The van der Waals surface area contributed by atoms with Crippen LogP contribution in [0.5, 0.6) is 0 Å². The molecule has 0 radical (unpaired) electrons. The molecule has 0 bridgehead atoms. The minimum absolute atomic E-state index is 0.